The highest BCUT2D eigenvalue weighted by molar-refractivity contribution is 7.22. The minimum absolute atomic E-state index is 0. The lowest BCUT2D eigenvalue weighted by atomic mass is 9.79. The van der Waals surface area contributed by atoms with Crippen LogP contribution in [0.25, 0.3) is 10.2 Å². The topological polar surface area (TPSA) is 72.5 Å². The molecule has 0 atom stereocenters. The molecule has 0 radical (unpaired) electrons. The summed E-state index contributed by atoms with van der Waals surface area (Å²) in [6, 6.07) is 5.78. The zero-order chi connectivity index (χ0) is 17.0. The first-order chi connectivity index (χ1) is 11.7. The van der Waals surface area contributed by atoms with E-state index in [2.05, 4.69) is 15.6 Å². The maximum Gasteiger partial charge on any atom is 0.234 e. The van der Waals surface area contributed by atoms with Gasteiger partial charge in [-0.3, -0.25) is 4.79 Å². The molecule has 2 heterocycles. The minimum Gasteiger partial charge on any atom is -0.494 e. The van der Waals surface area contributed by atoms with Crippen LogP contribution < -0.4 is 15.4 Å². The van der Waals surface area contributed by atoms with E-state index < -0.39 is 5.41 Å². The van der Waals surface area contributed by atoms with Gasteiger partial charge in [-0.25, -0.2) is 4.98 Å². The lowest BCUT2D eigenvalue weighted by Gasteiger charge is -2.35. The number of aromatic nitrogens is 1. The molecule has 0 spiro atoms. The summed E-state index contributed by atoms with van der Waals surface area (Å²) >= 11 is 1.47. The highest BCUT2D eigenvalue weighted by atomic mass is 35.5. The second-order valence-electron chi connectivity index (χ2n) is 6.00. The van der Waals surface area contributed by atoms with Crippen LogP contribution in [0, 0.1) is 5.41 Å². The Morgan fingerprint density at radius 1 is 1.40 bits per heavy atom. The van der Waals surface area contributed by atoms with Crippen molar-refractivity contribution in [3.05, 3.63) is 18.2 Å². The average Bonchev–Trinajstić information content (AvgIpc) is 2.98. The summed E-state index contributed by atoms with van der Waals surface area (Å²) in [4.78, 5) is 17.4. The second kappa shape index (κ2) is 8.80. The number of carbonyl (C=O) groups excluding carboxylic acids is 1. The predicted molar refractivity (Wildman–Crippen MR) is 103 cm³/mol. The molecule has 1 saturated heterocycles. The lowest BCUT2D eigenvalue weighted by molar-refractivity contribution is -0.130. The molecule has 3 rings (SSSR count). The normalized spacial score (nSPS) is 16.2. The molecule has 1 fully saturated rings. The standard InChI is InChI=1S/C17H23N3O3S.ClH/c1-3-23-12-4-5-13-14(10-12)24-16(19-13)20-15(21)17(11-22-2)6-8-18-9-7-17;/h4-5,10,18H,3,6-9,11H2,1-2H3,(H,19,20,21);1H. The van der Waals surface area contributed by atoms with E-state index in [4.69, 9.17) is 9.47 Å². The van der Waals surface area contributed by atoms with Gasteiger partial charge in [0.1, 0.15) is 5.75 Å². The average molecular weight is 386 g/mol. The number of thiazole rings is 1. The zero-order valence-electron chi connectivity index (χ0n) is 14.5. The molecule has 2 N–H and O–H groups in total. The molecule has 1 aromatic heterocycles. The fraction of sp³-hybridized carbons (Fsp3) is 0.529. The number of fused-ring (bicyclic) bond motifs is 1. The number of nitrogens with zero attached hydrogens (tertiary/aromatic N) is 1. The molecule has 1 aliphatic heterocycles. The van der Waals surface area contributed by atoms with Crippen molar-refractivity contribution in [2.75, 3.05) is 38.7 Å². The molecule has 2 aromatic rings. The molecule has 0 saturated carbocycles. The maximum absolute atomic E-state index is 12.8. The third-order valence-electron chi connectivity index (χ3n) is 4.35. The largest absolute Gasteiger partial charge is 0.494 e. The quantitative estimate of drug-likeness (QED) is 0.799. The van der Waals surface area contributed by atoms with Crippen LogP contribution in [0.4, 0.5) is 5.13 Å². The van der Waals surface area contributed by atoms with E-state index in [0.717, 1.165) is 41.9 Å². The molecule has 1 aromatic carbocycles. The van der Waals surface area contributed by atoms with Gasteiger partial charge in [0, 0.05) is 7.11 Å². The molecule has 0 bridgehead atoms. The Hall–Kier alpha value is -1.41. The number of rotatable bonds is 6. The van der Waals surface area contributed by atoms with Crippen molar-refractivity contribution in [1.82, 2.24) is 10.3 Å². The Morgan fingerprint density at radius 2 is 2.16 bits per heavy atom. The van der Waals surface area contributed by atoms with Crippen molar-refractivity contribution in [3.8, 4) is 5.75 Å². The molecular formula is C17H24ClN3O3S. The van der Waals surface area contributed by atoms with E-state index in [1.807, 2.05) is 25.1 Å². The van der Waals surface area contributed by atoms with Crippen molar-refractivity contribution in [1.29, 1.82) is 0 Å². The van der Waals surface area contributed by atoms with E-state index in [1.54, 1.807) is 7.11 Å². The van der Waals surface area contributed by atoms with Crippen LogP contribution in [-0.2, 0) is 9.53 Å². The molecule has 6 nitrogen and oxygen atoms in total. The third kappa shape index (κ3) is 4.41. The zero-order valence-corrected chi connectivity index (χ0v) is 16.1. The summed E-state index contributed by atoms with van der Waals surface area (Å²) in [5.41, 5.74) is 0.388. The SMILES string of the molecule is CCOc1ccc2nc(NC(=O)C3(COC)CCNCC3)sc2c1.Cl. The van der Waals surface area contributed by atoms with Gasteiger partial charge in [0.05, 0.1) is 28.8 Å². The van der Waals surface area contributed by atoms with Gasteiger partial charge in [-0.15, -0.1) is 12.4 Å². The number of hydrogen-bond acceptors (Lipinski definition) is 6. The van der Waals surface area contributed by atoms with Crippen LogP contribution in [-0.4, -0.2) is 44.3 Å². The van der Waals surface area contributed by atoms with Crippen molar-refractivity contribution >= 4 is 45.0 Å². The Bertz CT molecular complexity index is 711. The van der Waals surface area contributed by atoms with Gasteiger partial charge < -0.3 is 20.1 Å². The number of benzene rings is 1. The van der Waals surface area contributed by atoms with Crippen LogP contribution >= 0.6 is 23.7 Å². The van der Waals surface area contributed by atoms with E-state index in [9.17, 15) is 4.79 Å². The highest BCUT2D eigenvalue weighted by Gasteiger charge is 2.40. The first-order valence-corrected chi connectivity index (χ1v) is 9.03. The molecule has 0 aliphatic carbocycles. The van der Waals surface area contributed by atoms with Gasteiger partial charge in [0.25, 0.3) is 0 Å². The van der Waals surface area contributed by atoms with E-state index in [-0.39, 0.29) is 18.3 Å². The van der Waals surface area contributed by atoms with Gasteiger partial charge >= 0.3 is 0 Å². The van der Waals surface area contributed by atoms with Crippen LogP contribution in [0.1, 0.15) is 19.8 Å². The van der Waals surface area contributed by atoms with Crippen LogP contribution in [0.5, 0.6) is 5.75 Å². The van der Waals surface area contributed by atoms with Gasteiger partial charge in [0.15, 0.2) is 5.13 Å². The van der Waals surface area contributed by atoms with Gasteiger partial charge in [-0.1, -0.05) is 11.3 Å². The molecule has 8 heteroatoms. The summed E-state index contributed by atoms with van der Waals surface area (Å²) in [6.45, 7) is 4.67. The first-order valence-electron chi connectivity index (χ1n) is 8.21. The van der Waals surface area contributed by atoms with Crippen molar-refractivity contribution < 1.29 is 14.3 Å². The molecule has 138 valence electrons. The fourth-order valence-electron chi connectivity index (χ4n) is 3.06. The Labute approximate surface area is 157 Å². The monoisotopic (exact) mass is 385 g/mol. The number of anilines is 1. The number of ether oxygens (including phenoxy) is 2. The van der Waals surface area contributed by atoms with E-state index in [0.29, 0.717) is 18.3 Å². The van der Waals surface area contributed by atoms with Crippen molar-refractivity contribution in [2.45, 2.75) is 19.8 Å². The maximum atomic E-state index is 12.8. The summed E-state index contributed by atoms with van der Waals surface area (Å²) in [5.74, 6) is 0.815. The van der Waals surface area contributed by atoms with E-state index in [1.165, 1.54) is 11.3 Å². The fourth-order valence-corrected chi connectivity index (χ4v) is 3.95. The number of nitrogens with one attached hydrogen (secondary N) is 2. The number of hydrogen-bond donors (Lipinski definition) is 2. The Morgan fingerprint density at radius 3 is 2.84 bits per heavy atom. The van der Waals surface area contributed by atoms with Gasteiger partial charge in [-0.2, -0.15) is 0 Å². The number of carbonyl (C=O) groups is 1. The molecule has 0 unspecified atom stereocenters. The number of halogens is 1. The number of amides is 1. The van der Waals surface area contributed by atoms with Crippen LogP contribution in [0.15, 0.2) is 18.2 Å². The van der Waals surface area contributed by atoms with Crippen LogP contribution in [0.2, 0.25) is 0 Å². The lowest BCUT2D eigenvalue weighted by Crippen LogP contribution is -2.47. The predicted octanol–water partition coefficient (Wildman–Crippen LogP) is 3.07. The molecule has 25 heavy (non-hydrogen) atoms. The Kier molecular flexibility index (Phi) is 7.01. The Balaban J connectivity index is 0.00000225. The first kappa shape index (κ1) is 19.9. The summed E-state index contributed by atoms with van der Waals surface area (Å²) in [6.07, 6.45) is 1.54. The highest BCUT2D eigenvalue weighted by Crippen LogP contribution is 2.33. The summed E-state index contributed by atoms with van der Waals surface area (Å²) in [5, 5.41) is 6.91. The number of methoxy groups -OCH3 is 1. The second-order valence-corrected chi connectivity index (χ2v) is 7.03. The van der Waals surface area contributed by atoms with Crippen LogP contribution in [0.3, 0.4) is 0 Å². The smallest absolute Gasteiger partial charge is 0.234 e. The minimum atomic E-state index is -0.478. The van der Waals surface area contributed by atoms with Crippen molar-refractivity contribution in [2.24, 2.45) is 5.41 Å². The molecule has 1 aliphatic rings. The number of piperidine rings is 1. The molecule has 1 amide bonds. The summed E-state index contributed by atoms with van der Waals surface area (Å²) in [7, 11) is 1.64. The van der Waals surface area contributed by atoms with Gasteiger partial charge in [0.2, 0.25) is 5.91 Å². The van der Waals surface area contributed by atoms with Gasteiger partial charge in [-0.05, 0) is 51.1 Å². The van der Waals surface area contributed by atoms with Crippen molar-refractivity contribution in [3.63, 3.8) is 0 Å². The van der Waals surface area contributed by atoms with E-state index >= 15 is 0 Å². The summed E-state index contributed by atoms with van der Waals surface area (Å²) < 4.78 is 11.8. The third-order valence-corrected chi connectivity index (χ3v) is 5.29. The molecular weight excluding hydrogens is 362 g/mol.